The van der Waals surface area contributed by atoms with Crippen LogP contribution in [0.4, 0.5) is 5.82 Å². The molecule has 4 rings (SSSR count). The van der Waals surface area contributed by atoms with Gasteiger partial charge >= 0.3 is 5.69 Å². The van der Waals surface area contributed by atoms with E-state index in [2.05, 4.69) is 5.32 Å². The van der Waals surface area contributed by atoms with Crippen molar-refractivity contribution in [2.45, 2.75) is 26.9 Å². The van der Waals surface area contributed by atoms with Gasteiger partial charge in [-0.05, 0) is 43.2 Å². The number of nitrogens with one attached hydrogen (secondary N) is 1. The van der Waals surface area contributed by atoms with Crippen LogP contribution in [0.2, 0.25) is 0 Å². The van der Waals surface area contributed by atoms with E-state index in [0.717, 1.165) is 16.6 Å². The number of hydrogen-bond donors (Lipinski definition) is 1. The van der Waals surface area contributed by atoms with Crippen LogP contribution in [-0.2, 0) is 17.9 Å². The molecule has 0 spiro atoms. The number of nitrogens with zero attached hydrogens (tertiary/aromatic N) is 3. The smallest absolute Gasteiger partial charge is 0.330 e. The van der Waals surface area contributed by atoms with Crippen LogP contribution in [0, 0.1) is 0 Å². The van der Waals surface area contributed by atoms with Crippen LogP contribution in [0.5, 0.6) is 0 Å². The molecule has 0 bridgehead atoms. The highest BCUT2D eigenvalue weighted by atomic mass is 16.1. The minimum absolute atomic E-state index is 0.0407. The van der Waals surface area contributed by atoms with Crippen LogP contribution in [0.25, 0.3) is 11.2 Å². The first kappa shape index (κ1) is 20.3. The minimum Gasteiger partial charge on any atom is -0.344 e. The zero-order valence-electron chi connectivity index (χ0n) is 17.6. The Hall–Kier alpha value is -3.93. The van der Waals surface area contributed by atoms with Gasteiger partial charge in [-0.2, -0.15) is 0 Å². The maximum absolute atomic E-state index is 13.4. The molecular formula is C25H24N4O2. The first-order valence-electron chi connectivity index (χ1n) is 10.1. The standard InChI is InChI=1S/C25H24N4O2/c1-18(15-19(2)30)26-23-14-13-22-24(27-23)29(17-21-11-7-4-8-12-21)25(31)28(22)16-20-9-5-3-6-10-20/h3-15H,16-17H2,1-2H3,(H,26,27). The summed E-state index contributed by atoms with van der Waals surface area (Å²) in [4.78, 5) is 29.5. The van der Waals surface area contributed by atoms with Gasteiger partial charge in [0.15, 0.2) is 11.4 Å². The number of aromatic nitrogens is 3. The van der Waals surface area contributed by atoms with Gasteiger partial charge in [0.05, 0.1) is 18.6 Å². The number of hydrogen-bond acceptors (Lipinski definition) is 4. The summed E-state index contributed by atoms with van der Waals surface area (Å²) in [5.74, 6) is 0.544. The number of anilines is 1. The number of benzene rings is 2. The molecule has 2 aromatic heterocycles. The van der Waals surface area contributed by atoms with Crippen LogP contribution in [0.1, 0.15) is 25.0 Å². The number of imidazole rings is 1. The molecular weight excluding hydrogens is 388 g/mol. The Balaban J connectivity index is 1.81. The van der Waals surface area contributed by atoms with Gasteiger partial charge in [0.1, 0.15) is 5.82 Å². The molecule has 0 unspecified atom stereocenters. The molecule has 0 aliphatic carbocycles. The molecule has 0 aliphatic rings. The van der Waals surface area contributed by atoms with Gasteiger partial charge in [-0.25, -0.2) is 9.78 Å². The molecule has 31 heavy (non-hydrogen) atoms. The van der Waals surface area contributed by atoms with E-state index in [0.29, 0.717) is 30.3 Å². The molecule has 0 amide bonds. The van der Waals surface area contributed by atoms with E-state index in [-0.39, 0.29) is 11.5 Å². The highest BCUT2D eigenvalue weighted by Crippen LogP contribution is 2.18. The van der Waals surface area contributed by atoms with Gasteiger partial charge < -0.3 is 5.32 Å². The SMILES string of the molecule is CC(=O)C=C(C)Nc1ccc2c(n1)n(Cc1ccccc1)c(=O)n2Cc1ccccc1. The summed E-state index contributed by atoms with van der Waals surface area (Å²) in [7, 11) is 0. The summed E-state index contributed by atoms with van der Waals surface area (Å²) < 4.78 is 3.45. The third-order valence-corrected chi connectivity index (χ3v) is 4.97. The fourth-order valence-corrected chi connectivity index (χ4v) is 3.63. The van der Waals surface area contributed by atoms with Crippen molar-refractivity contribution in [3.8, 4) is 0 Å². The lowest BCUT2D eigenvalue weighted by Gasteiger charge is -2.07. The lowest BCUT2D eigenvalue weighted by molar-refractivity contribution is -0.112. The molecule has 0 aliphatic heterocycles. The van der Waals surface area contributed by atoms with Gasteiger partial charge in [0.25, 0.3) is 0 Å². The Bertz CT molecular complexity index is 1300. The van der Waals surface area contributed by atoms with Crippen molar-refractivity contribution in [2.24, 2.45) is 0 Å². The van der Waals surface area contributed by atoms with Crippen LogP contribution in [-0.4, -0.2) is 19.9 Å². The van der Waals surface area contributed by atoms with E-state index >= 15 is 0 Å². The number of ketones is 1. The number of carbonyl (C=O) groups excluding carboxylic acids is 1. The number of carbonyl (C=O) groups is 1. The predicted molar refractivity (Wildman–Crippen MR) is 123 cm³/mol. The predicted octanol–water partition coefficient (Wildman–Crippen LogP) is 4.20. The van der Waals surface area contributed by atoms with Crippen molar-refractivity contribution < 1.29 is 4.79 Å². The van der Waals surface area contributed by atoms with E-state index in [4.69, 9.17) is 4.98 Å². The summed E-state index contributed by atoms with van der Waals surface area (Å²) in [6.45, 7) is 4.21. The molecule has 4 aromatic rings. The van der Waals surface area contributed by atoms with Crippen molar-refractivity contribution >= 4 is 22.8 Å². The van der Waals surface area contributed by atoms with Crippen molar-refractivity contribution in [3.63, 3.8) is 0 Å². The average molecular weight is 412 g/mol. The first-order valence-corrected chi connectivity index (χ1v) is 10.1. The average Bonchev–Trinajstić information content (AvgIpc) is 3.00. The zero-order chi connectivity index (χ0) is 21.8. The number of fused-ring (bicyclic) bond motifs is 1. The summed E-state index contributed by atoms with van der Waals surface area (Å²) in [6, 6.07) is 23.5. The first-order chi connectivity index (χ1) is 15.0. The van der Waals surface area contributed by atoms with E-state index in [9.17, 15) is 9.59 Å². The molecule has 0 saturated heterocycles. The molecule has 1 N–H and O–H groups in total. The second-order valence-corrected chi connectivity index (χ2v) is 7.53. The quantitative estimate of drug-likeness (QED) is 0.462. The van der Waals surface area contributed by atoms with Crippen molar-refractivity contribution in [1.29, 1.82) is 0 Å². The minimum atomic E-state index is -0.108. The summed E-state index contributed by atoms with van der Waals surface area (Å²) >= 11 is 0. The Morgan fingerprint density at radius 3 is 2.03 bits per heavy atom. The number of rotatable bonds is 7. The second-order valence-electron chi connectivity index (χ2n) is 7.53. The Labute approximate surface area is 180 Å². The monoisotopic (exact) mass is 412 g/mol. The molecule has 2 heterocycles. The zero-order valence-corrected chi connectivity index (χ0v) is 17.6. The van der Waals surface area contributed by atoms with Crippen LogP contribution in [0.3, 0.4) is 0 Å². The molecule has 0 atom stereocenters. The third-order valence-electron chi connectivity index (χ3n) is 4.97. The topological polar surface area (TPSA) is 68.9 Å². The van der Waals surface area contributed by atoms with E-state index in [1.54, 1.807) is 9.13 Å². The molecule has 6 nitrogen and oxygen atoms in total. The summed E-state index contributed by atoms with van der Waals surface area (Å²) in [6.07, 6.45) is 1.52. The van der Waals surface area contributed by atoms with E-state index in [1.165, 1.54) is 13.0 Å². The lowest BCUT2D eigenvalue weighted by Crippen LogP contribution is -2.25. The van der Waals surface area contributed by atoms with Gasteiger partial charge in [0.2, 0.25) is 0 Å². The third kappa shape index (κ3) is 4.64. The normalized spacial score (nSPS) is 11.6. The fraction of sp³-hybridized carbons (Fsp3) is 0.160. The molecule has 0 saturated carbocycles. The molecule has 0 radical (unpaired) electrons. The maximum atomic E-state index is 13.4. The van der Waals surface area contributed by atoms with Crippen LogP contribution in [0.15, 0.2) is 89.4 Å². The number of allylic oxidation sites excluding steroid dienone is 2. The Morgan fingerprint density at radius 1 is 0.871 bits per heavy atom. The van der Waals surface area contributed by atoms with E-state index in [1.807, 2.05) is 79.7 Å². The lowest BCUT2D eigenvalue weighted by atomic mass is 10.2. The molecule has 6 heteroatoms. The van der Waals surface area contributed by atoms with Crippen molar-refractivity contribution in [3.05, 3.63) is 106 Å². The summed E-state index contributed by atoms with van der Waals surface area (Å²) in [5, 5.41) is 3.14. The molecule has 156 valence electrons. The van der Waals surface area contributed by atoms with Crippen LogP contribution < -0.4 is 11.0 Å². The van der Waals surface area contributed by atoms with Crippen molar-refractivity contribution in [1.82, 2.24) is 14.1 Å². The van der Waals surface area contributed by atoms with Gasteiger partial charge in [-0.1, -0.05) is 60.7 Å². The molecule has 2 aromatic carbocycles. The van der Waals surface area contributed by atoms with Gasteiger partial charge in [-0.3, -0.25) is 13.9 Å². The fourth-order valence-electron chi connectivity index (χ4n) is 3.63. The van der Waals surface area contributed by atoms with Gasteiger partial charge in [0, 0.05) is 5.70 Å². The maximum Gasteiger partial charge on any atom is 0.330 e. The Morgan fingerprint density at radius 2 is 1.45 bits per heavy atom. The van der Waals surface area contributed by atoms with Crippen molar-refractivity contribution in [2.75, 3.05) is 5.32 Å². The van der Waals surface area contributed by atoms with Crippen LogP contribution >= 0.6 is 0 Å². The van der Waals surface area contributed by atoms with E-state index < -0.39 is 0 Å². The Kier molecular flexibility index (Phi) is 5.80. The van der Waals surface area contributed by atoms with Gasteiger partial charge in [-0.15, -0.1) is 0 Å². The number of pyridine rings is 1. The highest BCUT2D eigenvalue weighted by molar-refractivity contribution is 5.88. The second kappa shape index (κ2) is 8.83. The summed E-state index contributed by atoms with van der Waals surface area (Å²) in [5.41, 5.74) is 4.03. The highest BCUT2D eigenvalue weighted by Gasteiger charge is 2.16. The molecule has 0 fully saturated rings. The largest absolute Gasteiger partial charge is 0.344 e.